The van der Waals surface area contributed by atoms with Crippen molar-refractivity contribution in [1.82, 2.24) is 35.1 Å². The predicted molar refractivity (Wildman–Crippen MR) is 133 cm³/mol. The highest BCUT2D eigenvalue weighted by atomic mass is 32.1. The summed E-state index contributed by atoms with van der Waals surface area (Å²) in [7, 11) is 0. The lowest BCUT2D eigenvalue weighted by atomic mass is 10.1. The predicted octanol–water partition coefficient (Wildman–Crippen LogP) is 6.17. The number of hydrogen-bond donors (Lipinski definition) is 2. The van der Waals surface area contributed by atoms with Crippen LogP contribution < -0.4 is 0 Å². The Balaban J connectivity index is 1.53. The molecule has 6 rings (SSSR count). The average Bonchev–Trinajstić information content (AvgIpc) is 3.57. The number of pyridine rings is 3. The minimum absolute atomic E-state index is 0.227. The first-order chi connectivity index (χ1) is 16.5. The summed E-state index contributed by atoms with van der Waals surface area (Å²) in [6.07, 6.45) is 6.60. The topological polar surface area (TPSA) is 96.0 Å². The number of hydrogen-bond acceptors (Lipinski definition) is 6. The van der Waals surface area contributed by atoms with E-state index in [9.17, 15) is 0 Å². The van der Waals surface area contributed by atoms with Gasteiger partial charge in [0.1, 0.15) is 22.6 Å². The first-order valence-corrected chi connectivity index (χ1v) is 11.4. The molecule has 0 fully saturated rings. The van der Waals surface area contributed by atoms with Crippen LogP contribution in [-0.4, -0.2) is 35.1 Å². The van der Waals surface area contributed by atoms with E-state index in [-0.39, 0.29) is 5.69 Å². The third-order valence-electron chi connectivity index (χ3n) is 5.72. The van der Waals surface area contributed by atoms with Crippen LogP contribution in [0.25, 0.3) is 60.9 Å². The van der Waals surface area contributed by atoms with Crippen LogP contribution in [0.5, 0.6) is 0 Å². The third kappa shape index (κ3) is 3.12. The zero-order valence-electron chi connectivity index (χ0n) is 18.3. The van der Waals surface area contributed by atoms with Crippen LogP contribution >= 0.6 is 11.3 Å². The van der Waals surface area contributed by atoms with E-state index in [1.54, 1.807) is 36.1 Å². The summed E-state index contributed by atoms with van der Waals surface area (Å²) in [6, 6.07) is 7.72. The van der Waals surface area contributed by atoms with E-state index in [2.05, 4.69) is 36.7 Å². The van der Waals surface area contributed by atoms with E-state index in [0.29, 0.717) is 33.5 Å². The average molecular weight is 468 g/mol. The Morgan fingerprint density at radius 2 is 1.88 bits per heavy atom. The summed E-state index contributed by atoms with van der Waals surface area (Å²) in [5.74, 6) is -0.0216. The highest BCUT2D eigenvalue weighted by Crippen LogP contribution is 2.36. The van der Waals surface area contributed by atoms with Gasteiger partial charge in [-0.15, -0.1) is 11.3 Å². The Morgan fingerprint density at radius 3 is 2.68 bits per heavy atom. The number of imidazole rings is 1. The molecule has 0 saturated carbocycles. The van der Waals surface area contributed by atoms with Gasteiger partial charge in [0, 0.05) is 29.0 Å². The molecule has 0 spiro atoms. The van der Waals surface area contributed by atoms with E-state index in [4.69, 9.17) is 4.98 Å². The molecule has 2 N–H and O–H groups in total. The molecule has 6 heterocycles. The van der Waals surface area contributed by atoms with Crippen molar-refractivity contribution in [1.29, 1.82) is 0 Å². The van der Waals surface area contributed by atoms with Gasteiger partial charge in [0.15, 0.2) is 11.6 Å². The minimum atomic E-state index is -0.472. The second-order valence-electron chi connectivity index (χ2n) is 8.06. The molecule has 34 heavy (non-hydrogen) atoms. The van der Waals surface area contributed by atoms with Crippen molar-refractivity contribution in [2.75, 3.05) is 0 Å². The van der Waals surface area contributed by atoms with Crippen LogP contribution in [0.1, 0.15) is 17.4 Å². The highest BCUT2D eigenvalue weighted by Gasteiger charge is 2.22. The largest absolute Gasteiger partial charge is 0.336 e. The van der Waals surface area contributed by atoms with Crippen LogP contribution in [0, 0.1) is 12.7 Å². The number of aromatic nitrogens is 7. The van der Waals surface area contributed by atoms with Gasteiger partial charge in [0.25, 0.3) is 0 Å². The van der Waals surface area contributed by atoms with Gasteiger partial charge in [-0.25, -0.2) is 9.37 Å². The van der Waals surface area contributed by atoms with Gasteiger partial charge in [-0.05, 0) is 49.2 Å². The molecular formula is C25H18FN7S. The molecule has 6 aromatic rings. The Kier molecular flexibility index (Phi) is 4.59. The zero-order chi connectivity index (χ0) is 23.4. The number of fused-ring (bicyclic) bond motifs is 2. The number of H-pyrrole nitrogens is 2. The second kappa shape index (κ2) is 7.67. The third-order valence-corrected chi connectivity index (χ3v) is 6.98. The summed E-state index contributed by atoms with van der Waals surface area (Å²) < 4.78 is 15.8. The fraction of sp³-hybridized carbons (Fsp3) is 0.0800. The maximum absolute atomic E-state index is 15.8. The number of nitrogens with zero attached hydrogens (tertiary/aromatic N) is 5. The fourth-order valence-corrected chi connectivity index (χ4v) is 4.90. The lowest BCUT2D eigenvalue weighted by Gasteiger charge is -2.06. The van der Waals surface area contributed by atoms with Crippen LogP contribution in [0.15, 0.2) is 55.6 Å². The summed E-state index contributed by atoms with van der Waals surface area (Å²) in [4.78, 5) is 23.2. The number of aromatic amines is 2. The number of thiophene rings is 1. The van der Waals surface area contributed by atoms with Gasteiger partial charge in [0.2, 0.25) is 0 Å². The van der Waals surface area contributed by atoms with Crippen molar-refractivity contribution in [2.45, 2.75) is 13.8 Å². The number of nitrogens with one attached hydrogen (secondary N) is 2. The molecule has 0 atom stereocenters. The molecule has 9 heteroatoms. The van der Waals surface area contributed by atoms with Crippen LogP contribution in [0.4, 0.5) is 4.39 Å². The van der Waals surface area contributed by atoms with Crippen molar-refractivity contribution in [2.24, 2.45) is 0 Å². The molecule has 0 aromatic carbocycles. The number of halogens is 1. The molecule has 6 aromatic heterocycles. The van der Waals surface area contributed by atoms with Crippen molar-refractivity contribution < 1.29 is 4.39 Å². The van der Waals surface area contributed by atoms with Gasteiger partial charge < -0.3 is 4.98 Å². The number of aryl methyl sites for hydroxylation is 1. The van der Waals surface area contributed by atoms with E-state index in [1.165, 1.54) is 0 Å². The smallest absolute Gasteiger partial charge is 0.161 e. The van der Waals surface area contributed by atoms with E-state index < -0.39 is 5.82 Å². The highest BCUT2D eigenvalue weighted by molar-refractivity contribution is 7.16. The Bertz CT molecular complexity index is 1730. The van der Waals surface area contributed by atoms with E-state index >= 15 is 4.39 Å². The molecule has 166 valence electrons. The van der Waals surface area contributed by atoms with Crippen LogP contribution in [0.2, 0.25) is 0 Å². The molecule has 0 amide bonds. The van der Waals surface area contributed by atoms with Crippen LogP contribution in [-0.2, 0) is 0 Å². The lowest BCUT2D eigenvalue weighted by Crippen LogP contribution is -1.94. The van der Waals surface area contributed by atoms with Gasteiger partial charge in [0.05, 0.1) is 27.5 Å². The molecule has 0 aliphatic rings. The van der Waals surface area contributed by atoms with E-state index in [1.807, 2.05) is 38.1 Å². The normalized spacial score (nSPS) is 11.5. The Hall–Kier alpha value is -4.24. The van der Waals surface area contributed by atoms with Gasteiger partial charge in [-0.3, -0.25) is 20.1 Å². The van der Waals surface area contributed by atoms with Gasteiger partial charge >= 0.3 is 0 Å². The molecule has 0 unspecified atom stereocenters. The summed E-state index contributed by atoms with van der Waals surface area (Å²) >= 11 is 1.61. The van der Waals surface area contributed by atoms with Gasteiger partial charge in [-0.2, -0.15) is 5.10 Å². The molecule has 0 aliphatic carbocycles. The summed E-state index contributed by atoms with van der Waals surface area (Å²) in [6.45, 7) is 7.89. The van der Waals surface area contributed by atoms with Crippen molar-refractivity contribution in [3.05, 3.63) is 71.9 Å². The standard InChI is InChI=1S/C25H18FN7S/c1-12(2)17-4-5-18(34-17)23-22-15(7-9-28-23)30-25(31-22)24-19-16(32-33-24)11-29-21(20(19)26)14-10-27-8-6-13(14)3/h4-11H,1H2,2-3H3,(H,30,31)(H,32,33). The van der Waals surface area contributed by atoms with Gasteiger partial charge in [-0.1, -0.05) is 6.58 Å². The molecule has 7 nitrogen and oxygen atoms in total. The van der Waals surface area contributed by atoms with E-state index in [0.717, 1.165) is 32.1 Å². The Morgan fingerprint density at radius 1 is 1.00 bits per heavy atom. The fourth-order valence-electron chi connectivity index (χ4n) is 3.97. The maximum Gasteiger partial charge on any atom is 0.161 e. The first-order valence-electron chi connectivity index (χ1n) is 10.6. The zero-order valence-corrected chi connectivity index (χ0v) is 19.2. The molecule has 0 aliphatic heterocycles. The quantitative estimate of drug-likeness (QED) is 0.323. The SMILES string of the molecule is C=C(C)c1ccc(-c2nccc3[nH]c(-c4n[nH]c5cnc(-c6cnccc6C)c(F)c45)nc23)s1. The molecule has 0 saturated heterocycles. The maximum atomic E-state index is 15.8. The molecule has 0 radical (unpaired) electrons. The van der Waals surface area contributed by atoms with Crippen LogP contribution in [0.3, 0.4) is 0 Å². The lowest BCUT2D eigenvalue weighted by molar-refractivity contribution is 0.638. The second-order valence-corrected chi connectivity index (χ2v) is 9.14. The number of allylic oxidation sites excluding steroid dienone is 1. The van der Waals surface area contributed by atoms with Crippen molar-refractivity contribution in [3.63, 3.8) is 0 Å². The first kappa shape index (κ1) is 20.4. The monoisotopic (exact) mass is 467 g/mol. The number of rotatable bonds is 4. The van der Waals surface area contributed by atoms with Crippen molar-refractivity contribution in [3.8, 4) is 33.3 Å². The summed E-state index contributed by atoms with van der Waals surface area (Å²) in [5.41, 5.74) is 5.86. The Labute approximate surface area is 197 Å². The van der Waals surface area contributed by atoms with Crippen molar-refractivity contribution >= 4 is 38.8 Å². The molecular weight excluding hydrogens is 449 g/mol. The molecule has 0 bridgehead atoms. The summed E-state index contributed by atoms with van der Waals surface area (Å²) in [5, 5.41) is 7.56. The minimum Gasteiger partial charge on any atom is -0.336 e.